The fraction of sp³-hybridized carbons (Fsp3) is 0.400. The van der Waals surface area contributed by atoms with Crippen LogP contribution in [0, 0.1) is 0 Å². The van der Waals surface area contributed by atoms with Crippen LogP contribution < -0.4 is 5.32 Å². The van der Waals surface area contributed by atoms with Gasteiger partial charge in [0, 0.05) is 30.8 Å². The van der Waals surface area contributed by atoms with Gasteiger partial charge in [-0.2, -0.15) is 0 Å². The predicted molar refractivity (Wildman–Crippen MR) is 78.6 cm³/mol. The van der Waals surface area contributed by atoms with E-state index in [1.807, 2.05) is 19.1 Å². The van der Waals surface area contributed by atoms with Crippen molar-refractivity contribution >= 4 is 29.3 Å². The zero-order valence-corrected chi connectivity index (χ0v) is 12.5. The molecule has 3 amide bonds. The van der Waals surface area contributed by atoms with Crippen molar-refractivity contribution < 1.29 is 14.4 Å². The largest absolute Gasteiger partial charge is 0.350 e. The summed E-state index contributed by atoms with van der Waals surface area (Å²) in [5.74, 6) is -0.596. The van der Waals surface area contributed by atoms with Gasteiger partial charge in [-0.3, -0.25) is 19.3 Å². The Morgan fingerprint density at radius 2 is 2.00 bits per heavy atom. The summed E-state index contributed by atoms with van der Waals surface area (Å²) < 4.78 is 0. The van der Waals surface area contributed by atoms with Crippen LogP contribution in [0.15, 0.2) is 24.3 Å². The highest BCUT2D eigenvalue weighted by Crippen LogP contribution is 2.17. The van der Waals surface area contributed by atoms with Crippen LogP contribution in [0.2, 0.25) is 5.02 Å². The normalized spacial score (nSPS) is 16.2. The van der Waals surface area contributed by atoms with Crippen molar-refractivity contribution in [2.45, 2.75) is 32.2 Å². The lowest BCUT2D eigenvalue weighted by atomic mass is 10.1. The molecule has 0 aromatic heterocycles. The molecule has 6 heteroatoms. The molecule has 0 bridgehead atoms. The summed E-state index contributed by atoms with van der Waals surface area (Å²) in [4.78, 5) is 35.9. The summed E-state index contributed by atoms with van der Waals surface area (Å²) in [7, 11) is 0. The SMILES string of the molecule is CC(NC(=O)CCN1C(=O)CCC1=O)c1cccc(Cl)c1. The van der Waals surface area contributed by atoms with E-state index in [4.69, 9.17) is 11.6 Å². The number of halogens is 1. The molecule has 0 aliphatic carbocycles. The molecule has 1 aliphatic heterocycles. The average molecular weight is 309 g/mol. The summed E-state index contributed by atoms with van der Waals surface area (Å²) in [5, 5.41) is 3.44. The smallest absolute Gasteiger partial charge is 0.229 e. The maximum Gasteiger partial charge on any atom is 0.229 e. The van der Waals surface area contributed by atoms with Crippen molar-refractivity contribution in [2.24, 2.45) is 0 Å². The molecule has 1 aliphatic rings. The van der Waals surface area contributed by atoms with Crippen molar-refractivity contribution in [3.05, 3.63) is 34.9 Å². The zero-order chi connectivity index (χ0) is 15.4. The molecule has 21 heavy (non-hydrogen) atoms. The molecule has 1 fully saturated rings. The van der Waals surface area contributed by atoms with E-state index in [0.717, 1.165) is 10.5 Å². The number of hydrogen-bond acceptors (Lipinski definition) is 3. The van der Waals surface area contributed by atoms with Gasteiger partial charge in [0.15, 0.2) is 0 Å². The average Bonchev–Trinajstić information content (AvgIpc) is 2.76. The van der Waals surface area contributed by atoms with Gasteiger partial charge in [0.05, 0.1) is 6.04 Å². The Morgan fingerprint density at radius 1 is 1.33 bits per heavy atom. The molecule has 112 valence electrons. The third-order valence-electron chi connectivity index (χ3n) is 3.44. The quantitative estimate of drug-likeness (QED) is 0.847. The Kier molecular flexibility index (Phi) is 4.96. The van der Waals surface area contributed by atoms with E-state index in [2.05, 4.69) is 5.32 Å². The molecule has 5 nitrogen and oxygen atoms in total. The van der Waals surface area contributed by atoms with E-state index < -0.39 is 0 Å². The second-order valence-corrected chi connectivity index (χ2v) is 5.47. The van der Waals surface area contributed by atoms with Crippen molar-refractivity contribution in [2.75, 3.05) is 6.54 Å². The van der Waals surface area contributed by atoms with Crippen LogP contribution in [-0.4, -0.2) is 29.2 Å². The Bertz CT molecular complexity index is 558. The summed E-state index contributed by atoms with van der Waals surface area (Å²) in [6, 6.07) is 7.08. The molecule has 1 atom stereocenters. The first kappa shape index (κ1) is 15.5. The van der Waals surface area contributed by atoms with Crippen LogP contribution in [0.25, 0.3) is 0 Å². The first-order valence-electron chi connectivity index (χ1n) is 6.85. The van der Waals surface area contributed by atoms with E-state index in [1.54, 1.807) is 12.1 Å². The molecule has 1 unspecified atom stereocenters. The Hall–Kier alpha value is -1.88. The van der Waals surface area contributed by atoms with Gasteiger partial charge in [0.1, 0.15) is 0 Å². The minimum absolute atomic E-state index is 0.113. The molecule has 1 saturated heterocycles. The van der Waals surface area contributed by atoms with Crippen molar-refractivity contribution in [3.63, 3.8) is 0 Å². The van der Waals surface area contributed by atoms with E-state index in [-0.39, 0.29) is 49.6 Å². The Balaban J connectivity index is 1.84. The lowest BCUT2D eigenvalue weighted by molar-refractivity contribution is -0.138. The molecule has 1 aromatic rings. The standard InChI is InChI=1S/C15H17ClN2O3/c1-10(11-3-2-4-12(16)9-11)17-13(19)7-8-18-14(20)5-6-15(18)21/h2-4,9-10H,5-8H2,1H3,(H,17,19). The zero-order valence-electron chi connectivity index (χ0n) is 11.8. The van der Waals surface area contributed by atoms with E-state index >= 15 is 0 Å². The van der Waals surface area contributed by atoms with E-state index in [0.29, 0.717) is 5.02 Å². The molecule has 0 spiro atoms. The molecular weight excluding hydrogens is 292 g/mol. The molecular formula is C15H17ClN2O3. The van der Waals surface area contributed by atoms with Crippen molar-refractivity contribution in [1.29, 1.82) is 0 Å². The van der Waals surface area contributed by atoms with Gasteiger partial charge in [-0.05, 0) is 24.6 Å². The number of nitrogens with one attached hydrogen (secondary N) is 1. The van der Waals surface area contributed by atoms with Crippen LogP contribution in [0.4, 0.5) is 0 Å². The van der Waals surface area contributed by atoms with Crippen LogP contribution in [0.5, 0.6) is 0 Å². The highest BCUT2D eigenvalue weighted by Gasteiger charge is 2.28. The highest BCUT2D eigenvalue weighted by atomic mass is 35.5. The van der Waals surface area contributed by atoms with Crippen LogP contribution in [-0.2, 0) is 14.4 Å². The number of carbonyl (C=O) groups is 3. The lowest BCUT2D eigenvalue weighted by Crippen LogP contribution is -2.34. The van der Waals surface area contributed by atoms with E-state index in [1.165, 1.54) is 0 Å². The first-order chi connectivity index (χ1) is 9.97. The number of imide groups is 1. The number of benzene rings is 1. The molecule has 0 radical (unpaired) electrons. The Morgan fingerprint density at radius 3 is 2.62 bits per heavy atom. The molecule has 0 saturated carbocycles. The minimum Gasteiger partial charge on any atom is -0.350 e. The van der Waals surface area contributed by atoms with Gasteiger partial charge in [-0.25, -0.2) is 0 Å². The first-order valence-corrected chi connectivity index (χ1v) is 7.23. The third-order valence-corrected chi connectivity index (χ3v) is 3.68. The molecule has 1 N–H and O–H groups in total. The number of likely N-dealkylation sites (tertiary alicyclic amines) is 1. The Labute approximate surface area is 128 Å². The van der Waals surface area contributed by atoms with Crippen LogP contribution >= 0.6 is 11.6 Å². The summed E-state index contributed by atoms with van der Waals surface area (Å²) in [5.41, 5.74) is 0.907. The number of nitrogens with zero attached hydrogens (tertiary/aromatic N) is 1. The van der Waals surface area contributed by atoms with Gasteiger partial charge < -0.3 is 5.32 Å². The fourth-order valence-electron chi connectivity index (χ4n) is 2.26. The van der Waals surface area contributed by atoms with E-state index in [9.17, 15) is 14.4 Å². The number of rotatable bonds is 5. The third kappa shape index (κ3) is 4.04. The van der Waals surface area contributed by atoms with Gasteiger partial charge in [0.2, 0.25) is 17.7 Å². The van der Waals surface area contributed by atoms with Crippen molar-refractivity contribution in [1.82, 2.24) is 10.2 Å². The second kappa shape index (κ2) is 6.72. The van der Waals surface area contributed by atoms with Gasteiger partial charge in [-0.15, -0.1) is 0 Å². The maximum absolute atomic E-state index is 11.9. The minimum atomic E-state index is -0.199. The van der Waals surface area contributed by atoms with Crippen molar-refractivity contribution in [3.8, 4) is 0 Å². The highest BCUT2D eigenvalue weighted by molar-refractivity contribution is 6.30. The van der Waals surface area contributed by atoms with Crippen LogP contribution in [0.1, 0.15) is 37.8 Å². The molecule has 1 aromatic carbocycles. The number of amides is 3. The number of carbonyl (C=O) groups excluding carboxylic acids is 3. The summed E-state index contributed by atoms with van der Waals surface area (Å²) in [6.45, 7) is 2.00. The monoisotopic (exact) mass is 308 g/mol. The number of hydrogen-bond donors (Lipinski definition) is 1. The lowest BCUT2D eigenvalue weighted by Gasteiger charge is -2.17. The topological polar surface area (TPSA) is 66.5 Å². The van der Waals surface area contributed by atoms with Crippen LogP contribution in [0.3, 0.4) is 0 Å². The van der Waals surface area contributed by atoms with Gasteiger partial charge in [-0.1, -0.05) is 23.7 Å². The predicted octanol–water partition coefficient (Wildman–Crippen LogP) is 2.06. The summed E-state index contributed by atoms with van der Waals surface area (Å²) >= 11 is 5.91. The second-order valence-electron chi connectivity index (χ2n) is 5.03. The molecule has 2 rings (SSSR count). The maximum atomic E-state index is 11.9. The molecule has 1 heterocycles. The fourth-order valence-corrected chi connectivity index (χ4v) is 2.46. The van der Waals surface area contributed by atoms with Gasteiger partial charge in [0.25, 0.3) is 0 Å². The summed E-state index contributed by atoms with van der Waals surface area (Å²) in [6.07, 6.45) is 0.612. The van der Waals surface area contributed by atoms with Gasteiger partial charge >= 0.3 is 0 Å².